The molecule has 1 fully saturated rings. The lowest BCUT2D eigenvalue weighted by molar-refractivity contribution is -0.160. The highest BCUT2D eigenvalue weighted by Gasteiger charge is 2.31. The molecule has 13 nitrogen and oxygen atoms in total. The van der Waals surface area contributed by atoms with E-state index >= 15 is 0 Å². The maximum absolute atomic E-state index is 13.4. The number of nitrogens with zero attached hydrogens (tertiary/aromatic N) is 4. The first-order chi connectivity index (χ1) is 23.7. The summed E-state index contributed by atoms with van der Waals surface area (Å²) in [4.78, 5) is 60.8. The molecule has 1 aromatic rings. The van der Waals surface area contributed by atoms with Gasteiger partial charge >= 0.3 is 23.9 Å². The van der Waals surface area contributed by atoms with Crippen molar-refractivity contribution in [1.29, 1.82) is 0 Å². The summed E-state index contributed by atoms with van der Waals surface area (Å²) in [6, 6.07) is 6.62. The van der Waals surface area contributed by atoms with E-state index in [-0.39, 0.29) is 55.9 Å². The summed E-state index contributed by atoms with van der Waals surface area (Å²) < 4.78 is 22.8. The number of hydrogen-bond acceptors (Lipinski definition) is 13. The normalized spacial score (nSPS) is 18.5. The molecule has 1 N–H and O–H groups in total. The van der Waals surface area contributed by atoms with Crippen LogP contribution < -0.4 is 0 Å². The maximum atomic E-state index is 13.4. The Labute approximate surface area is 311 Å². The van der Waals surface area contributed by atoms with Crippen LogP contribution in [0.2, 0.25) is 0 Å². The zero-order chi connectivity index (χ0) is 39.5. The number of phenolic OH excluding ortho intramolecular Hbond substituents is 1. The Balaban J connectivity index is 2.59. The van der Waals surface area contributed by atoms with Crippen molar-refractivity contribution in [3.63, 3.8) is 0 Å². The lowest BCUT2D eigenvalue weighted by atomic mass is 10.0. The highest BCUT2D eigenvalue weighted by molar-refractivity contribution is 5.73. The molecule has 1 aromatic carbocycles. The molecule has 0 saturated carbocycles. The smallest absolute Gasteiger partial charge is 0.320 e. The average molecular weight is 735 g/mol. The predicted molar refractivity (Wildman–Crippen MR) is 200 cm³/mol. The molecule has 0 bridgehead atoms. The molecule has 1 aliphatic heterocycles. The first kappa shape index (κ1) is 44.9. The number of benzene rings is 1. The van der Waals surface area contributed by atoms with Crippen LogP contribution in [0.5, 0.6) is 5.75 Å². The molecule has 52 heavy (non-hydrogen) atoms. The third-order valence-corrected chi connectivity index (χ3v) is 7.63. The summed E-state index contributed by atoms with van der Waals surface area (Å²) in [6.45, 7) is 24.7. The third kappa shape index (κ3) is 20.1. The van der Waals surface area contributed by atoms with Crippen LogP contribution in [-0.2, 0) is 44.5 Å². The summed E-state index contributed by atoms with van der Waals surface area (Å²) in [5, 5.41) is 9.99. The zero-order valence-electron chi connectivity index (χ0n) is 33.9. The van der Waals surface area contributed by atoms with Crippen LogP contribution in [0.3, 0.4) is 0 Å². The second-order valence-electron chi connectivity index (χ2n) is 17.6. The van der Waals surface area contributed by atoms with Gasteiger partial charge in [-0.2, -0.15) is 0 Å². The van der Waals surface area contributed by atoms with Crippen molar-refractivity contribution in [2.75, 3.05) is 72.0 Å². The van der Waals surface area contributed by atoms with Crippen LogP contribution in [0.4, 0.5) is 0 Å². The quantitative estimate of drug-likeness (QED) is 0.275. The molecule has 1 saturated heterocycles. The molecule has 0 aromatic heterocycles. The van der Waals surface area contributed by atoms with Crippen molar-refractivity contribution in [2.45, 2.75) is 118 Å². The van der Waals surface area contributed by atoms with Gasteiger partial charge in [-0.15, -0.1) is 0 Å². The number of carbonyl (C=O) groups is 4. The molecule has 0 spiro atoms. The van der Waals surface area contributed by atoms with Crippen molar-refractivity contribution in [2.24, 2.45) is 0 Å². The van der Waals surface area contributed by atoms with Gasteiger partial charge in [0.2, 0.25) is 0 Å². The Morgan fingerprint density at radius 2 is 0.865 bits per heavy atom. The van der Waals surface area contributed by atoms with Crippen LogP contribution in [0.15, 0.2) is 24.3 Å². The van der Waals surface area contributed by atoms with E-state index in [9.17, 15) is 24.3 Å². The molecule has 0 amide bonds. The zero-order valence-corrected chi connectivity index (χ0v) is 33.9. The maximum Gasteiger partial charge on any atom is 0.320 e. The van der Waals surface area contributed by atoms with E-state index in [0.29, 0.717) is 52.2 Å². The van der Waals surface area contributed by atoms with Gasteiger partial charge < -0.3 is 24.1 Å². The minimum Gasteiger partial charge on any atom is -0.508 e. The van der Waals surface area contributed by atoms with Gasteiger partial charge in [0.15, 0.2) is 0 Å². The van der Waals surface area contributed by atoms with Gasteiger partial charge in [-0.3, -0.25) is 38.8 Å². The Morgan fingerprint density at radius 3 is 1.25 bits per heavy atom. The molecule has 13 heteroatoms. The van der Waals surface area contributed by atoms with Crippen molar-refractivity contribution >= 4 is 23.9 Å². The SMILES string of the molecule is CC(C)(C)OC(=O)CN1CCN(CC(=O)OC(C)(C)C)CCN(CC(=O)OC(C)(C)C)C(Cc2ccc(O)cc2)CN(CC(=O)OC(C)(C)C)CC1. The second kappa shape index (κ2) is 19.2. The van der Waals surface area contributed by atoms with E-state index in [2.05, 4.69) is 0 Å². The Bertz CT molecular complexity index is 1310. The number of carbonyl (C=O) groups excluding carboxylic acids is 4. The second-order valence-corrected chi connectivity index (χ2v) is 17.6. The van der Waals surface area contributed by atoms with Gasteiger partial charge in [-0.05, 0) is 107 Å². The van der Waals surface area contributed by atoms with Crippen LogP contribution in [0.1, 0.15) is 88.6 Å². The average Bonchev–Trinajstić information content (AvgIpc) is 2.92. The molecule has 0 aliphatic carbocycles. The predicted octanol–water partition coefficient (Wildman–Crippen LogP) is 3.89. The van der Waals surface area contributed by atoms with Crippen molar-refractivity contribution in [3.8, 4) is 5.75 Å². The summed E-state index contributed by atoms with van der Waals surface area (Å²) in [5.74, 6) is -1.38. The van der Waals surface area contributed by atoms with Crippen LogP contribution in [0, 0.1) is 0 Å². The van der Waals surface area contributed by atoms with Crippen LogP contribution in [0.25, 0.3) is 0 Å². The molecular formula is C39H66N4O9. The molecule has 2 rings (SSSR count). The summed E-state index contributed by atoms with van der Waals surface area (Å²) in [7, 11) is 0. The lowest BCUT2D eigenvalue weighted by Crippen LogP contribution is -2.54. The van der Waals surface area contributed by atoms with Gasteiger partial charge in [-0.25, -0.2) is 0 Å². The molecular weight excluding hydrogens is 668 g/mol. The standard InChI is InChI=1S/C39H66N4O9/c1-36(2,3)49-32(45)25-40-17-18-41(26-33(46)50-37(4,5)6)21-22-43(28-35(48)52-39(10,11)12)30(23-29-13-15-31(44)16-14-29)24-42(20-19-40)27-34(47)51-38(7,8)9/h13-16,30,44H,17-28H2,1-12H3. The number of aromatic hydroxyl groups is 1. The lowest BCUT2D eigenvalue weighted by Gasteiger charge is -2.38. The minimum atomic E-state index is -0.695. The number of hydrogen-bond donors (Lipinski definition) is 1. The summed E-state index contributed by atoms with van der Waals surface area (Å²) in [5.41, 5.74) is -1.77. The van der Waals surface area contributed by atoms with Crippen LogP contribution >= 0.6 is 0 Å². The van der Waals surface area contributed by atoms with Gasteiger partial charge in [0.1, 0.15) is 28.2 Å². The largest absolute Gasteiger partial charge is 0.508 e. The topological polar surface area (TPSA) is 138 Å². The third-order valence-electron chi connectivity index (χ3n) is 7.63. The summed E-state index contributed by atoms with van der Waals surface area (Å²) >= 11 is 0. The number of rotatable bonds is 10. The fourth-order valence-corrected chi connectivity index (χ4v) is 5.72. The number of phenols is 1. The molecule has 1 heterocycles. The first-order valence-corrected chi connectivity index (χ1v) is 18.3. The molecule has 0 radical (unpaired) electrons. The van der Waals surface area contributed by atoms with E-state index in [0.717, 1.165) is 5.56 Å². The van der Waals surface area contributed by atoms with Crippen molar-refractivity contribution in [3.05, 3.63) is 29.8 Å². The fraction of sp³-hybridized carbons (Fsp3) is 0.744. The van der Waals surface area contributed by atoms with Crippen LogP contribution in [-0.4, -0.2) is 149 Å². The molecule has 296 valence electrons. The van der Waals surface area contributed by atoms with E-state index < -0.39 is 28.4 Å². The summed E-state index contributed by atoms with van der Waals surface area (Å²) in [6.07, 6.45) is 0.488. The van der Waals surface area contributed by atoms with E-state index in [1.807, 2.05) is 115 Å². The first-order valence-electron chi connectivity index (χ1n) is 18.3. The monoisotopic (exact) mass is 734 g/mol. The fourth-order valence-electron chi connectivity index (χ4n) is 5.72. The Morgan fingerprint density at radius 1 is 0.538 bits per heavy atom. The van der Waals surface area contributed by atoms with E-state index in [1.54, 1.807) is 12.1 Å². The molecule has 1 atom stereocenters. The van der Waals surface area contributed by atoms with E-state index in [1.165, 1.54) is 0 Å². The van der Waals surface area contributed by atoms with Gasteiger partial charge in [0.25, 0.3) is 0 Å². The Kier molecular flexibility index (Phi) is 16.6. The van der Waals surface area contributed by atoms with Gasteiger partial charge in [-0.1, -0.05) is 12.1 Å². The molecule has 1 unspecified atom stereocenters. The van der Waals surface area contributed by atoms with Gasteiger partial charge in [0, 0.05) is 51.9 Å². The highest BCUT2D eigenvalue weighted by Crippen LogP contribution is 2.18. The van der Waals surface area contributed by atoms with Gasteiger partial charge in [0.05, 0.1) is 26.2 Å². The number of ether oxygens (including phenoxy) is 4. The minimum absolute atomic E-state index is 0.00529. The molecule has 1 aliphatic rings. The number of esters is 4. The highest BCUT2D eigenvalue weighted by atomic mass is 16.6. The van der Waals surface area contributed by atoms with Crippen molar-refractivity contribution in [1.82, 2.24) is 19.6 Å². The van der Waals surface area contributed by atoms with Crippen molar-refractivity contribution < 1.29 is 43.2 Å². The van der Waals surface area contributed by atoms with E-state index in [4.69, 9.17) is 18.9 Å². The Hall–Kier alpha value is -3.26.